The van der Waals surface area contributed by atoms with Gasteiger partial charge in [-0.2, -0.15) is 0 Å². The van der Waals surface area contributed by atoms with E-state index in [4.69, 9.17) is 4.74 Å². The average molecular weight is 435 g/mol. The fourth-order valence-corrected chi connectivity index (χ4v) is 9.75. The van der Waals surface area contributed by atoms with Crippen LogP contribution in [0.5, 0.6) is 0 Å². The molecule has 2 nitrogen and oxygen atoms in total. The van der Waals surface area contributed by atoms with Crippen LogP contribution in [-0.2, 0) is 16.1 Å². The maximum Gasteiger partial charge on any atom is 0.312 e. The number of fused-ring (bicyclic) bond motifs is 7. The second kappa shape index (κ2) is 8.80. The van der Waals surface area contributed by atoms with Crippen molar-refractivity contribution in [1.82, 2.24) is 0 Å². The first kappa shape index (κ1) is 21.2. The molecule has 0 spiro atoms. The van der Waals surface area contributed by atoms with Gasteiger partial charge in [0.15, 0.2) is 0 Å². The van der Waals surface area contributed by atoms with E-state index in [9.17, 15) is 4.79 Å². The van der Waals surface area contributed by atoms with E-state index >= 15 is 0 Å². The molecule has 5 fully saturated rings. The molecule has 1 aromatic rings. The van der Waals surface area contributed by atoms with Crippen molar-refractivity contribution >= 4 is 5.97 Å². The average Bonchev–Trinajstić information content (AvgIpc) is 2.87. The highest BCUT2D eigenvalue weighted by molar-refractivity contribution is 5.77. The van der Waals surface area contributed by atoms with Gasteiger partial charge in [-0.05, 0) is 105 Å². The summed E-state index contributed by atoms with van der Waals surface area (Å²) in [5.74, 6) is 6.48. The third kappa shape index (κ3) is 3.55. The zero-order valence-electron chi connectivity index (χ0n) is 19.9. The molecule has 0 bridgehead atoms. The Balaban J connectivity index is 1.20. The van der Waals surface area contributed by atoms with Crippen molar-refractivity contribution in [3.63, 3.8) is 0 Å². The van der Waals surface area contributed by atoms with Crippen LogP contribution in [0.1, 0.15) is 95.5 Å². The predicted molar refractivity (Wildman–Crippen MR) is 128 cm³/mol. The molecule has 8 atom stereocenters. The van der Waals surface area contributed by atoms with E-state index < -0.39 is 0 Å². The van der Waals surface area contributed by atoms with Gasteiger partial charge in [0, 0.05) is 0 Å². The van der Waals surface area contributed by atoms with E-state index in [1.807, 2.05) is 18.2 Å². The summed E-state index contributed by atoms with van der Waals surface area (Å²) in [6, 6.07) is 10.2. The van der Waals surface area contributed by atoms with E-state index in [0.29, 0.717) is 12.5 Å². The number of benzene rings is 1. The molecule has 0 saturated heterocycles. The summed E-state index contributed by atoms with van der Waals surface area (Å²) in [6.45, 7) is 0.440. The van der Waals surface area contributed by atoms with Crippen LogP contribution < -0.4 is 0 Å². The molecule has 1 aromatic carbocycles. The molecule has 0 amide bonds. The number of rotatable bonds is 3. The van der Waals surface area contributed by atoms with E-state index in [-0.39, 0.29) is 11.4 Å². The molecule has 0 radical (unpaired) electrons. The first-order valence-electron chi connectivity index (χ1n) is 14.0. The zero-order chi connectivity index (χ0) is 21.5. The fourth-order valence-electron chi connectivity index (χ4n) is 9.75. The molecule has 6 rings (SSSR count). The maximum atomic E-state index is 13.7. The first-order chi connectivity index (χ1) is 15.8. The van der Waals surface area contributed by atoms with Crippen molar-refractivity contribution in [1.29, 1.82) is 0 Å². The summed E-state index contributed by atoms with van der Waals surface area (Å²) in [6.07, 6.45) is 19.1. The Morgan fingerprint density at radius 2 is 1.44 bits per heavy atom. The lowest BCUT2D eigenvalue weighted by atomic mass is 9.45. The summed E-state index contributed by atoms with van der Waals surface area (Å²) < 4.78 is 6.05. The summed E-state index contributed by atoms with van der Waals surface area (Å²) in [7, 11) is 0. The van der Waals surface area contributed by atoms with Gasteiger partial charge in [-0.25, -0.2) is 0 Å². The lowest BCUT2D eigenvalue weighted by Crippen LogP contribution is -2.55. The Morgan fingerprint density at radius 1 is 0.719 bits per heavy atom. The van der Waals surface area contributed by atoms with Crippen LogP contribution in [0.25, 0.3) is 0 Å². The summed E-state index contributed by atoms with van der Waals surface area (Å²) in [5.41, 5.74) is 0.936. The second-order valence-electron chi connectivity index (χ2n) is 12.1. The fraction of sp³-hybridized carbons (Fsp3) is 0.767. The molecule has 0 heterocycles. The van der Waals surface area contributed by atoms with Crippen molar-refractivity contribution < 1.29 is 9.53 Å². The molecule has 0 aromatic heterocycles. The van der Waals surface area contributed by atoms with Gasteiger partial charge in [0.05, 0.1) is 5.41 Å². The Hall–Kier alpha value is -1.31. The van der Waals surface area contributed by atoms with Gasteiger partial charge < -0.3 is 4.74 Å². The number of carbonyl (C=O) groups excluding carboxylic acids is 1. The van der Waals surface area contributed by atoms with E-state index in [2.05, 4.69) is 12.1 Å². The van der Waals surface area contributed by atoms with Gasteiger partial charge in [0.2, 0.25) is 0 Å². The smallest absolute Gasteiger partial charge is 0.312 e. The van der Waals surface area contributed by atoms with E-state index in [1.165, 1.54) is 77.0 Å². The van der Waals surface area contributed by atoms with Crippen LogP contribution in [0.4, 0.5) is 0 Å². The Bertz CT molecular complexity index is 802. The monoisotopic (exact) mass is 434 g/mol. The third-order valence-electron chi connectivity index (χ3n) is 11.0. The van der Waals surface area contributed by atoms with Gasteiger partial charge >= 0.3 is 5.97 Å². The molecule has 5 aliphatic carbocycles. The topological polar surface area (TPSA) is 26.3 Å². The van der Waals surface area contributed by atoms with Crippen LogP contribution in [-0.4, -0.2) is 5.97 Å². The number of esters is 1. The van der Waals surface area contributed by atoms with Gasteiger partial charge in [-0.1, -0.05) is 62.4 Å². The van der Waals surface area contributed by atoms with Gasteiger partial charge in [-0.15, -0.1) is 0 Å². The molecular formula is C30H42O2. The number of carbonyl (C=O) groups is 1. The summed E-state index contributed by atoms with van der Waals surface area (Å²) in [5, 5.41) is 0. The highest BCUT2D eigenvalue weighted by atomic mass is 16.5. The van der Waals surface area contributed by atoms with Crippen LogP contribution in [0.15, 0.2) is 30.3 Å². The minimum atomic E-state index is -0.178. The van der Waals surface area contributed by atoms with Crippen molar-refractivity contribution in [2.75, 3.05) is 0 Å². The van der Waals surface area contributed by atoms with Gasteiger partial charge in [0.1, 0.15) is 6.61 Å². The molecule has 0 N–H and O–H groups in total. The minimum Gasteiger partial charge on any atom is -0.460 e. The number of hydrogen-bond donors (Lipinski definition) is 0. The molecule has 5 saturated carbocycles. The van der Waals surface area contributed by atoms with Gasteiger partial charge in [-0.3, -0.25) is 4.79 Å². The first-order valence-corrected chi connectivity index (χ1v) is 14.0. The second-order valence-corrected chi connectivity index (χ2v) is 12.1. The minimum absolute atomic E-state index is 0.141. The number of hydrogen-bond acceptors (Lipinski definition) is 2. The largest absolute Gasteiger partial charge is 0.460 e. The van der Waals surface area contributed by atoms with Crippen LogP contribution in [0.3, 0.4) is 0 Å². The van der Waals surface area contributed by atoms with Crippen molar-refractivity contribution in [2.45, 2.75) is 96.5 Å². The maximum absolute atomic E-state index is 13.7. The third-order valence-corrected chi connectivity index (χ3v) is 11.0. The van der Waals surface area contributed by atoms with Crippen LogP contribution in [0.2, 0.25) is 0 Å². The summed E-state index contributed by atoms with van der Waals surface area (Å²) >= 11 is 0. The lowest BCUT2D eigenvalue weighted by molar-refractivity contribution is -0.178. The number of ether oxygens (including phenoxy) is 1. The normalized spacial score (nSPS) is 43.2. The Labute approximate surface area is 194 Å². The van der Waals surface area contributed by atoms with Crippen molar-refractivity contribution in [2.24, 2.45) is 46.8 Å². The Morgan fingerprint density at radius 3 is 2.34 bits per heavy atom. The molecule has 8 unspecified atom stereocenters. The van der Waals surface area contributed by atoms with E-state index in [0.717, 1.165) is 53.9 Å². The lowest BCUT2D eigenvalue weighted by Gasteiger charge is -2.60. The quantitative estimate of drug-likeness (QED) is 0.459. The Kier molecular flexibility index (Phi) is 5.84. The highest BCUT2D eigenvalue weighted by Crippen LogP contribution is 2.63. The SMILES string of the molecule is O=C(OCc1ccccc1)C12CCCCC1C1CCC3C4CCCCC4CCC3C1CC2. The molecule has 174 valence electrons. The van der Waals surface area contributed by atoms with Crippen molar-refractivity contribution in [3.05, 3.63) is 35.9 Å². The molecule has 5 aliphatic rings. The zero-order valence-corrected chi connectivity index (χ0v) is 19.9. The van der Waals surface area contributed by atoms with E-state index in [1.54, 1.807) is 0 Å². The summed E-state index contributed by atoms with van der Waals surface area (Å²) in [4.78, 5) is 13.7. The van der Waals surface area contributed by atoms with Crippen LogP contribution >= 0.6 is 0 Å². The molecule has 0 aliphatic heterocycles. The molecule has 32 heavy (non-hydrogen) atoms. The standard InChI is InChI=1S/C30H42O2/c31-29(32-20-21-8-2-1-3-9-21)30-18-7-6-12-28(30)27-16-15-24-23-11-5-4-10-22(23)13-14-25(24)26(27)17-19-30/h1-3,8-9,22-28H,4-7,10-20H2. The van der Waals surface area contributed by atoms with Crippen LogP contribution in [0, 0.1) is 46.8 Å². The highest BCUT2D eigenvalue weighted by Gasteiger charge is 2.59. The predicted octanol–water partition coefficient (Wildman–Crippen LogP) is 7.56. The molecule has 2 heteroatoms. The van der Waals surface area contributed by atoms with Gasteiger partial charge in [0.25, 0.3) is 0 Å². The van der Waals surface area contributed by atoms with Crippen molar-refractivity contribution in [3.8, 4) is 0 Å². The molecular weight excluding hydrogens is 392 g/mol.